The van der Waals surface area contributed by atoms with Crippen LogP contribution in [0.2, 0.25) is 0 Å². The molecule has 6 rings (SSSR count). The highest BCUT2D eigenvalue weighted by Gasteiger charge is 2.57. The Labute approximate surface area is 379 Å². The molecule has 0 bridgehead atoms. The van der Waals surface area contributed by atoms with Gasteiger partial charge in [-0.3, -0.25) is 0 Å². The molecule has 29 heteroatoms. The molecule has 3 saturated heterocycles. The van der Waals surface area contributed by atoms with E-state index in [9.17, 15) is 52.0 Å². The van der Waals surface area contributed by atoms with E-state index in [0.717, 1.165) is 5.56 Å². The third kappa shape index (κ3) is 12.5. The van der Waals surface area contributed by atoms with Crippen LogP contribution in [-0.2, 0) is 51.1 Å². The van der Waals surface area contributed by atoms with E-state index in [1.807, 2.05) is 30.3 Å². The van der Waals surface area contributed by atoms with Crippen LogP contribution in [0.1, 0.15) is 17.5 Å². The van der Waals surface area contributed by atoms with Crippen molar-refractivity contribution in [2.75, 3.05) is 19.7 Å². The number of rotatable bonds is 20. The fourth-order valence-corrected chi connectivity index (χ4v) is 8.30. The smallest absolute Gasteiger partial charge is 0.405 e. The molecule has 4 aliphatic rings. The third-order valence-electron chi connectivity index (χ3n) is 11.6. The quantitative estimate of drug-likeness (QED) is 0.0526. The monoisotopic (exact) mass is 942 g/mol. The van der Waals surface area contributed by atoms with Gasteiger partial charge in [0, 0.05) is 19.6 Å². The molecular weight excluding hydrogens is 893 g/mol. The number of hydrogen-bond acceptors (Lipinski definition) is 19. The number of aliphatic hydroxyl groups excluding tert-OH is 5. The second-order valence-corrected chi connectivity index (χ2v) is 15.8. The van der Waals surface area contributed by atoms with Crippen LogP contribution in [0.4, 0.5) is 4.79 Å². The number of carboxylic acid groups (broad SMARTS) is 1. The molecule has 3 aliphatic heterocycles. The lowest BCUT2D eigenvalue weighted by molar-refractivity contribution is -0.307. The first-order chi connectivity index (χ1) is 32.4. The maximum atomic E-state index is 12.6. The zero-order chi connectivity index (χ0) is 48.0. The number of nitrogens with one attached hydrogen (secondary N) is 1. The van der Waals surface area contributed by atoms with Gasteiger partial charge in [-0.25, -0.2) is 4.79 Å². The van der Waals surface area contributed by atoms with E-state index >= 15 is 0 Å². The summed E-state index contributed by atoms with van der Waals surface area (Å²) < 4.78 is 48.9. The summed E-state index contributed by atoms with van der Waals surface area (Å²) in [6, 6.07) is 11.9. The second kappa shape index (κ2) is 24.4. The Bertz CT molecular complexity index is 2120. The normalized spacial score (nSPS) is 37.1. The van der Waals surface area contributed by atoms with Crippen LogP contribution in [0.5, 0.6) is 0 Å². The van der Waals surface area contributed by atoms with Crippen molar-refractivity contribution in [3.8, 4) is 0 Å². The summed E-state index contributed by atoms with van der Waals surface area (Å²) in [4.78, 5) is 23.6. The molecule has 362 valence electrons. The minimum absolute atomic E-state index is 0.0738. The van der Waals surface area contributed by atoms with Crippen LogP contribution in [0, 0.1) is 0 Å². The number of ether oxygens (including phenoxy) is 8. The lowest BCUT2D eigenvalue weighted by Gasteiger charge is -2.50. The first-order valence-electron chi connectivity index (χ1n) is 20.8. The van der Waals surface area contributed by atoms with Crippen molar-refractivity contribution < 1.29 is 73.3 Å². The van der Waals surface area contributed by atoms with Crippen LogP contribution >= 0.6 is 0 Å². The molecule has 0 radical (unpaired) electrons. The first-order valence-corrected chi connectivity index (χ1v) is 20.8. The van der Waals surface area contributed by atoms with Gasteiger partial charge >= 0.3 is 6.09 Å². The molecule has 1 saturated carbocycles. The standard InChI is InChI=1S/C38H50N14O15/c39-24-28(55)34(67-37-30(57)31(23(14-53)64-37)65-36-25(48-52-43)29(56)27(54)22(63-36)13-45-50-41)33(26(46-38(58)59)32(24)61-16-18-9-5-2-6-10-18)66-35-19(47-51-42)11-20(21(62-35)12-44-49-40)60-15-17-7-3-1-4-8-17/h1-10,19-37,46,53-57H,11-16,39H2,(H,58,59)/t19-,20+,21-,22+,23-,24+,25-,26+,27-,28+,29-,30-,31-,32-,33-,34-,35-,36-,37+/m1/s1. The van der Waals surface area contributed by atoms with E-state index in [4.69, 9.17) is 49.2 Å². The maximum Gasteiger partial charge on any atom is 0.405 e. The Morgan fingerprint density at radius 1 is 0.672 bits per heavy atom. The van der Waals surface area contributed by atoms with E-state index in [1.54, 1.807) is 30.3 Å². The summed E-state index contributed by atoms with van der Waals surface area (Å²) in [6.45, 7) is -1.70. The maximum absolute atomic E-state index is 12.6. The average Bonchev–Trinajstić information content (AvgIpc) is 3.63. The van der Waals surface area contributed by atoms with Gasteiger partial charge in [0.1, 0.15) is 48.8 Å². The molecule has 3 heterocycles. The highest BCUT2D eigenvalue weighted by Crippen LogP contribution is 2.37. The molecule has 9 N–H and O–H groups in total. The fraction of sp³-hybridized carbons (Fsp3) is 0.658. The minimum atomic E-state index is -1.92. The summed E-state index contributed by atoms with van der Waals surface area (Å²) in [5.74, 6) is 0. The fourth-order valence-electron chi connectivity index (χ4n) is 8.30. The topological polar surface area (TPSA) is 445 Å². The molecule has 1 amide bonds. The Kier molecular flexibility index (Phi) is 18.5. The van der Waals surface area contributed by atoms with Crippen LogP contribution in [0.3, 0.4) is 0 Å². The Hall–Kier alpha value is -5.61. The molecule has 0 spiro atoms. The molecule has 0 aromatic heterocycles. The van der Waals surface area contributed by atoms with Crippen LogP contribution in [0.25, 0.3) is 41.8 Å². The van der Waals surface area contributed by atoms with Crippen LogP contribution in [0.15, 0.2) is 81.1 Å². The molecule has 29 nitrogen and oxygen atoms in total. The van der Waals surface area contributed by atoms with Gasteiger partial charge in [0.15, 0.2) is 18.9 Å². The zero-order valence-electron chi connectivity index (χ0n) is 35.3. The van der Waals surface area contributed by atoms with Crippen LogP contribution in [-0.4, -0.2) is 173 Å². The van der Waals surface area contributed by atoms with Gasteiger partial charge in [-0.1, -0.05) is 81.1 Å². The zero-order valence-corrected chi connectivity index (χ0v) is 35.3. The summed E-state index contributed by atoms with van der Waals surface area (Å²) in [6.07, 6.45) is -25.4. The van der Waals surface area contributed by atoms with Crippen molar-refractivity contribution in [2.45, 2.75) is 136 Å². The Morgan fingerprint density at radius 2 is 1.24 bits per heavy atom. The molecule has 1 aliphatic carbocycles. The van der Waals surface area contributed by atoms with Crippen molar-refractivity contribution in [1.82, 2.24) is 5.32 Å². The van der Waals surface area contributed by atoms with Crippen molar-refractivity contribution in [3.63, 3.8) is 0 Å². The summed E-state index contributed by atoms with van der Waals surface area (Å²) >= 11 is 0. The molecule has 0 unspecified atom stereocenters. The Balaban J connectivity index is 1.32. The summed E-state index contributed by atoms with van der Waals surface area (Å²) in [5, 5.41) is 82.4. The van der Waals surface area contributed by atoms with E-state index in [0.29, 0.717) is 5.56 Å². The van der Waals surface area contributed by atoms with Gasteiger partial charge in [-0.05, 0) is 39.7 Å². The van der Waals surface area contributed by atoms with Crippen molar-refractivity contribution in [3.05, 3.63) is 114 Å². The number of amides is 1. The number of nitrogens with zero attached hydrogens (tertiary/aromatic N) is 12. The lowest BCUT2D eigenvalue weighted by atomic mass is 9.81. The minimum Gasteiger partial charge on any atom is -0.465 e. The molecule has 2 aromatic rings. The van der Waals surface area contributed by atoms with E-state index in [2.05, 4.69) is 45.4 Å². The third-order valence-corrected chi connectivity index (χ3v) is 11.6. The first kappa shape index (κ1) is 50.8. The van der Waals surface area contributed by atoms with E-state index in [1.165, 1.54) is 0 Å². The molecule has 4 fully saturated rings. The van der Waals surface area contributed by atoms with Gasteiger partial charge < -0.3 is 79.6 Å². The Morgan fingerprint density at radius 3 is 1.84 bits per heavy atom. The predicted octanol–water partition coefficient (Wildman–Crippen LogP) is 1.27. The second-order valence-electron chi connectivity index (χ2n) is 15.8. The van der Waals surface area contributed by atoms with Gasteiger partial charge in [-0.2, -0.15) is 0 Å². The van der Waals surface area contributed by atoms with Gasteiger partial charge in [-0.15, -0.1) is 0 Å². The van der Waals surface area contributed by atoms with Crippen molar-refractivity contribution in [1.29, 1.82) is 0 Å². The number of aliphatic hydroxyl groups is 5. The van der Waals surface area contributed by atoms with Crippen molar-refractivity contribution >= 4 is 6.09 Å². The summed E-state index contributed by atoms with van der Waals surface area (Å²) in [7, 11) is 0. The van der Waals surface area contributed by atoms with E-state index < -0.39 is 136 Å². The van der Waals surface area contributed by atoms with E-state index in [-0.39, 0.29) is 26.2 Å². The van der Waals surface area contributed by atoms with Gasteiger partial charge in [0.05, 0.1) is 81.6 Å². The SMILES string of the molecule is [N-]=[N+]=NC[C@@H]1O[C@H](O[C@H]2[C@@H](O)[C@H](O[C@@H]3[C@@H](O)[C@H](N)[C@@H](OCc4ccccc4)[C@H](NC(=O)O)[C@H]3O[C@H]3O[C@H](CN=[N+]=[N-])[C@@H](OCc4ccccc4)C[C@H]3N=[N+]=[N-])O[C@@H]2CO)[C@H](N=[N+]=[N-])[C@@H](O)[C@@H]1O. The number of benzene rings is 2. The average molecular weight is 943 g/mol. The highest BCUT2D eigenvalue weighted by molar-refractivity contribution is 5.65. The summed E-state index contributed by atoms with van der Waals surface area (Å²) in [5.41, 5.74) is 45.1. The van der Waals surface area contributed by atoms with Gasteiger partial charge in [0.25, 0.3) is 0 Å². The number of azide groups is 4. The largest absolute Gasteiger partial charge is 0.465 e. The molecule has 67 heavy (non-hydrogen) atoms. The number of hydrogen-bond donors (Lipinski definition) is 8. The molecular formula is C38H50N14O15. The van der Waals surface area contributed by atoms with Crippen molar-refractivity contribution in [2.24, 2.45) is 26.2 Å². The lowest BCUT2D eigenvalue weighted by Crippen LogP contribution is -2.73. The van der Waals surface area contributed by atoms with Gasteiger partial charge in [0.2, 0.25) is 0 Å². The predicted molar refractivity (Wildman–Crippen MR) is 223 cm³/mol. The van der Waals surface area contributed by atoms with Crippen LogP contribution < -0.4 is 11.1 Å². The number of carbonyl (C=O) groups is 1. The number of nitrogens with two attached hydrogens (primary N) is 1. The molecule has 19 atom stereocenters. The highest BCUT2D eigenvalue weighted by atomic mass is 16.8. The molecule has 2 aromatic carbocycles.